The topological polar surface area (TPSA) is 25.2 Å². The number of rotatable bonds is 1. The van der Waals surface area contributed by atoms with Gasteiger partial charge in [-0.2, -0.15) is 0 Å². The number of aromatic nitrogens is 1. The van der Waals surface area contributed by atoms with Crippen LogP contribution in [0.25, 0.3) is 10.8 Å². The van der Waals surface area contributed by atoms with E-state index >= 15 is 0 Å². The van der Waals surface area contributed by atoms with Gasteiger partial charge in [0.1, 0.15) is 5.82 Å². The van der Waals surface area contributed by atoms with Crippen LogP contribution >= 0.6 is 15.9 Å². The van der Waals surface area contributed by atoms with Crippen molar-refractivity contribution in [1.82, 2.24) is 4.57 Å². The van der Waals surface area contributed by atoms with Crippen molar-refractivity contribution in [1.29, 1.82) is 0 Å². The number of benzene rings is 1. The smallest absolute Gasteiger partial charge is 0.259 e. The van der Waals surface area contributed by atoms with E-state index in [0.717, 1.165) is 45.6 Å². The SMILES string of the molecule is Cc1cc(Br)c2cc(N3CCC(C)CC3)n(C)c(=O)c2c1. The van der Waals surface area contributed by atoms with E-state index in [1.165, 1.54) is 12.8 Å². The summed E-state index contributed by atoms with van der Waals surface area (Å²) in [6, 6.07) is 6.20. The molecule has 0 aliphatic carbocycles. The van der Waals surface area contributed by atoms with Crippen molar-refractivity contribution in [2.45, 2.75) is 26.7 Å². The van der Waals surface area contributed by atoms with Crippen molar-refractivity contribution >= 4 is 32.5 Å². The number of hydrogen-bond acceptors (Lipinski definition) is 2. The summed E-state index contributed by atoms with van der Waals surface area (Å²) in [4.78, 5) is 15.0. The second-order valence-corrected chi connectivity index (χ2v) is 7.10. The lowest BCUT2D eigenvalue weighted by Gasteiger charge is -2.33. The van der Waals surface area contributed by atoms with E-state index < -0.39 is 0 Å². The summed E-state index contributed by atoms with van der Waals surface area (Å²) < 4.78 is 2.80. The average Bonchev–Trinajstić information content (AvgIpc) is 2.44. The Labute approximate surface area is 133 Å². The van der Waals surface area contributed by atoms with Crippen LogP contribution in [-0.2, 0) is 7.05 Å². The van der Waals surface area contributed by atoms with Crippen LogP contribution in [0.5, 0.6) is 0 Å². The Bertz CT molecular complexity index is 743. The molecule has 1 aliphatic heterocycles. The monoisotopic (exact) mass is 348 g/mol. The number of anilines is 1. The summed E-state index contributed by atoms with van der Waals surface area (Å²) in [5, 5.41) is 1.80. The number of pyridine rings is 1. The molecule has 0 N–H and O–H groups in total. The first-order valence-electron chi connectivity index (χ1n) is 7.52. The Morgan fingerprint density at radius 2 is 1.81 bits per heavy atom. The zero-order valence-electron chi connectivity index (χ0n) is 12.8. The van der Waals surface area contributed by atoms with E-state index in [4.69, 9.17) is 0 Å². The van der Waals surface area contributed by atoms with Crippen LogP contribution in [-0.4, -0.2) is 17.7 Å². The number of aryl methyl sites for hydroxylation is 1. The van der Waals surface area contributed by atoms with Gasteiger partial charge in [0.15, 0.2) is 0 Å². The normalized spacial score (nSPS) is 16.7. The van der Waals surface area contributed by atoms with Gasteiger partial charge in [-0.05, 0) is 49.4 Å². The number of fused-ring (bicyclic) bond motifs is 1. The summed E-state index contributed by atoms with van der Waals surface area (Å²) in [5.41, 5.74) is 1.19. The fourth-order valence-electron chi connectivity index (χ4n) is 3.13. The van der Waals surface area contributed by atoms with E-state index in [1.807, 2.05) is 20.0 Å². The van der Waals surface area contributed by atoms with Crippen LogP contribution in [0.4, 0.5) is 5.82 Å². The van der Waals surface area contributed by atoms with Crippen molar-refractivity contribution in [2.24, 2.45) is 13.0 Å². The molecule has 2 heterocycles. The third kappa shape index (κ3) is 2.61. The fraction of sp³-hybridized carbons (Fsp3) is 0.471. The first-order chi connectivity index (χ1) is 9.97. The molecule has 3 rings (SSSR count). The van der Waals surface area contributed by atoms with Crippen LogP contribution in [0.2, 0.25) is 0 Å². The number of piperidine rings is 1. The summed E-state index contributed by atoms with van der Waals surface area (Å²) in [5.74, 6) is 1.82. The predicted octanol–water partition coefficient (Wildman–Crippen LogP) is 3.85. The first kappa shape index (κ1) is 14.6. The van der Waals surface area contributed by atoms with Crippen LogP contribution < -0.4 is 10.5 Å². The zero-order chi connectivity index (χ0) is 15.1. The molecular weight excluding hydrogens is 328 g/mol. The van der Waals surface area contributed by atoms with Crippen LogP contribution in [0, 0.1) is 12.8 Å². The molecular formula is C17H21BrN2O. The highest BCUT2D eigenvalue weighted by Gasteiger charge is 2.19. The Morgan fingerprint density at radius 3 is 2.48 bits per heavy atom. The molecule has 1 aliphatic rings. The molecule has 1 fully saturated rings. The first-order valence-corrected chi connectivity index (χ1v) is 8.31. The summed E-state index contributed by atoms with van der Waals surface area (Å²) in [6.45, 7) is 6.38. The van der Waals surface area contributed by atoms with E-state index in [2.05, 4.69) is 39.9 Å². The highest BCUT2D eigenvalue weighted by Crippen LogP contribution is 2.29. The maximum absolute atomic E-state index is 12.7. The fourth-order valence-corrected chi connectivity index (χ4v) is 3.82. The largest absolute Gasteiger partial charge is 0.358 e. The zero-order valence-corrected chi connectivity index (χ0v) is 14.4. The molecule has 21 heavy (non-hydrogen) atoms. The lowest BCUT2D eigenvalue weighted by atomic mass is 9.99. The molecule has 112 valence electrons. The molecule has 4 heteroatoms. The molecule has 3 nitrogen and oxygen atoms in total. The molecule has 1 saturated heterocycles. The lowest BCUT2D eigenvalue weighted by Crippen LogP contribution is -2.36. The average molecular weight is 349 g/mol. The maximum atomic E-state index is 12.7. The predicted molar refractivity (Wildman–Crippen MR) is 92.2 cm³/mol. The Morgan fingerprint density at radius 1 is 1.14 bits per heavy atom. The van der Waals surface area contributed by atoms with E-state index in [9.17, 15) is 4.79 Å². The summed E-state index contributed by atoms with van der Waals surface area (Å²) >= 11 is 3.61. The van der Waals surface area contributed by atoms with Crippen molar-refractivity contribution in [3.05, 3.63) is 38.6 Å². The molecule has 1 aromatic heterocycles. The molecule has 2 aromatic rings. The van der Waals surface area contributed by atoms with Gasteiger partial charge in [-0.25, -0.2) is 0 Å². The number of hydrogen-bond donors (Lipinski definition) is 0. The minimum atomic E-state index is 0.0884. The Hall–Kier alpha value is -1.29. The highest BCUT2D eigenvalue weighted by molar-refractivity contribution is 9.10. The van der Waals surface area contributed by atoms with Crippen molar-refractivity contribution < 1.29 is 0 Å². The maximum Gasteiger partial charge on any atom is 0.259 e. The van der Waals surface area contributed by atoms with Gasteiger partial charge < -0.3 is 4.90 Å². The van der Waals surface area contributed by atoms with Gasteiger partial charge in [-0.1, -0.05) is 22.9 Å². The number of halogens is 1. The number of nitrogens with zero attached hydrogens (tertiary/aromatic N) is 2. The van der Waals surface area contributed by atoms with E-state index in [1.54, 1.807) is 4.57 Å². The van der Waals surface area contributed by atoms with Crippen molar-refractivity contribution in [3.63, 3.8) is 0 Å². The van der Waals surface area contributed by atoms with Gasteiger partial charge in [0.25, 0.3) is 5.56 Å². The van der Waals surface area contributed by atoms with Crippen LogP contribution in [0.1, 0.15) is 25.3 Å². The molecule has 0 amide bonds. The molecule has 0 spiro atoms. The standard InChI is InChI=1S/C17H21BrN2O/c1-11-4-6-20(7-5-11)16-10-13-14(17(21)19(16)3)8-12(2)9-15(13)18/h8-11H,4-7H2,1-3H3. The molecule has 1 aromatic carbocycles. The van der Waals surface area contributed by atoms with Gasteiger partial charge >= 0.3 is 0 Å². The van der Waals surface area contributed by atoms with Crippen LogP contribution in [0.15, 0.2) is 27.5 Å². The van der Waals surface area contributed by atoms with Gasteiger partial charge in [-0.3, -0.25) is 9.36 Å². The minimum Gasteiger partial charge on any atom is -0.358 e. The molecule has 0 atom stereocenters. The second kappa shape index (κ2) is 5.48. The van der Waals surface area contributed by atoms with Crippen LogP contribution in [0.3, 0.4) is 0 Å². The second-order valence-electron chi connectivity index (χ2n) is 6.24. The van der Waals surface area contributed by atoms with Crippen molar-refractivity contribution in [3.8, 4) is 0 Å². The quantitative estimate of drug-likeness (QED) is 0.782. The molecule has 0 unspecified atom stereocenters. The molecule has 0 bridgehead atoms. The Kier molecular flexibility index (Phi) is 3.82. The summed E-state index contributed by atoms with van der Waals surface area (Å²) in [6.07, 6.45) is 2.39. The minimum absolute atomic E-state index is 0.0884. The van der Waals surface area contributed by atoms with E-state index in [0.29, 0.717) is 0 Å². The summed E-state index contributed by atoms with van der Waals surface area (Å²) in [7, 11) is 1.88. The third-order valence-corrected chi connectivity index (χ3v) is 5.19. The molecule has 0 radical (unpaired) electrons. The van der Waals surface area contributed by atoms with Crippen molar-refractivity contribution in [2.75, 3.05) is 18.0 Å². The van der Waals surface area contributed by atoms with E-state index in [-0.39, 0.29) is 5.56 Å². The highest BCUT2D eigenvalue weighted by atomic mass is 79.9. The molecule has 0 saturated carbocycles. The Balaban J connectivity index is 2.16. The van der Waals surface area contributed by atoms with Gasteiger partial charge in [-0.15, -0.1) is 0 Å². The van der Waals surface area contributed by atoms with Gasteiger partial charge in [0, 0.05) is 35.4 Å². The third-order valence-electron chi connectivity index (χ3n) is 4.53. The van der Waals surface area contributed by atoms with Gasteiger partial charge in [0.05, 0.1) is 0 Å². The van der Waals surface area contributed by atoms with Gasteiger partial charge in [0.2, 0.25) is 0 Å². The lowest BCUT2D eigenvalue weighted by molar-refractivity contribution is 0.434.